The van der Waals surface area contributed by atoms with E-state index in [2.05, 4.69) is 11.9 Å². The minimum Gasteiger partial charge on any atom is -0.368 e. The van der Waals surface area contributed by atoms with Gasteiger partial charge in [0.2, 0.25) is 11.8 Å². The van der Waals surface area contributed by atoms with E-state index in [1.165, 1.54) is 0 Å². The van der Waals surface area contributed by atoms with E-state index >= 15 is 0 Å². The van der Waals surface area contributed by atoms with Gasteiger partial charge in [-0.2, -0.15) is 0 Å². The Bertz CT molecular complexity index is 694. The topological polar surface area (TPSA) is 72.2 Å². The van der Waals surface area contributed by atoms with Crippen molar-refractivity contribution in [2.24, 2.45) is 5.73 Å². The van der Waals surface area contributed by atoms with Gasteiger partial charge in [-0.05, 0) is 29.2 Å². The van der Waals surface area contributed by atoms with Crippen LogP contribution in [0.1, 0.15) is 18.4 Å². The van der Waals surface area contributed by atoms with Gasteiger partial charge in [-0.25, -0.2) is 0 Å². The largest absolute Gasteiger partial charge is 0.368 e. The maximum atomic E-state index is 12.1. The van der Waals surface area contributed by atoms with Crippen molar-refractivity contribution in [3.05, 3.63) is 60.7 Å². The quantitative estimate of drug-likeness (QED) is 0.770. The average molecular weight is 296 g/mol. The Balaban J connectivity index is 2.02. The number of carbonyl (C=O) groups is 2. The average Bonchev–Trinajstić information content (AvgIpc) is 2.51. The number of benzene rings is 2. The lowest BCUT2D eigenvalue weighted by atomic mass is 10.0. The van der Waals surface area contributed by atoms with Crippen LogP contribution in [0.25, 0.3) is 10.8 Å². The van der Waals surface area contributed by atoms with Gasteiger partial charge in [-0.15, -0.1) is 6.58 Å². The summed E-state index contributed by atoms with van der Waals surface area (Å²) in [5, 5.41) is 4.91. The molecule has 114 valence electrons. The van der Waals surface area contributed by atoms with Crippen LogP contribution in [0.5, 0.6) is 0 Å². The Morgan fingerprint density at radius 2 is 1.91 bits per heavy atom. The van der Waals surface area contributed by atoms with Crippen LogP contribution in [-0.2, 0) is 16.0 Å². The van der Waals surface area contributed by atoms with E-state index in [0.717, 1.165) is 16.3 Å². The van der Waals surface area contributed by atoms with Crippen molar-refractivity contribution in [3.63, 3.8) is 0 Å². The lowest BCUT2D eigenvalue weighted by Crippen LogP contribution is -2.44. The molecule has 1 atom stereocenters. The summed E-state index contributed by atoms with van der Waals surface area (Å²) in [5.41, 5.74) is 6.21. The molecule has 2 aromatic carbocycles. The highest BCUT2D eigenvalue weighted by atomic mass is 16.2. The van der Waals surface area contributed by atoms with E-state index in [-0.39, 0.29) is 12.3 Å². The van der Waals surface area contributed by atoms with Gasteiger partial charge in [0.25, 0.3) is 0 Å². The van der Waals surface area contributed by atoms with Crippen LogP contribution in [0.4, 0.5) is 0 Å². The fraction of sp³-hybridized carbons (Fsp3) is 0.222. The number of fused-ring (bicyclic) bond motifs is 1. The lowest BCUT2D eigenvalue weighted by Gasteiger charge is -2.14. The van der Waals surface area contributed by atoms with E-state index in [1.54, 1.807) is 6.08 Å². The highest BCUT2D eigenvalue weighted by Crippen LogP contribution is 2.16. The lowest BCUT2D eigenvalue weighted by molar-refractivity contribution is -0.127. The van der Waals surface area contributed by atoms with E-state index in [4.69, 9.17) is 5.73 Å². The molecular weight excluding hydrogens is 276 g/mol. The number of nitrogens with one attached hydrogen (secondary N) is 1. The minimum atomic E-state index is -0.647. The first kappa shape index (κ1) is 15.8. The second-order valence-electron chi connectivity index (χ2n) is 5.25. The molecule has 0 unspecified atom stereocenters. The number of allylic oxidation sites excluding steroid dienone is 1. The van der Waals surface area contributed by atoms with Crippen molar-refractivity contribution in [2.75, 3.05) is 0 Å². The maximum absolute atomic E-state index is 12.1. The van der Waals surface area contributed by atoms with Crippen molar-refractivity contribution >= 4 is 22.6 Å². The Labute approximate surface area is 130 Å². The third kappa shape index (κ3) is 4.19. The second kappa shape index (κ2) is 7.41. The summed E-state index contributed by atoms with van der Waals surface area (Å²) in [6, 6.07) is 13.2. The van der Waals surface area contributed by atoms with E-state index in [9.17, 15) is 9.59 Å². The van der Waals surface area contributed by atoms with Gasteiger partial charge in [0.15, 0.2) is 0 Å². The zero-order chi connectivity index (χ0) is 15.9. The van der Waals surface area contributed by atoms with E-state index in [1.807, 2.05) is 42.5 Å². The number of hydrogen-bond acceptors (Lipinski definition) is 2. The molecule has 0 bridgehead atoms. The van der Waals surface area contributed by atoms with Gasteiger partial charge in [0, 0.05) is 0 Å². The summed E-state index contributed by atoms with van der Waals surface area (Å²) in [6.07, 6.45) is 3.03. The van der Waals surface area contributed by atoms with Crippen molar-refractivity contribution in [1.82, 2.24) is 5.32 Å². The Hall–Kier alpha value is -2.62. The van der Waals surface area contributed by atoms with Gasteiger partial charge >= 0.3 is 0 Å². The van der Waals surface area contributed by atoms with Crippen LogP contribution in [0.3, 0.4) is 0 Å². The SMILES string of the molecule is C=CCC[C@@H](NC(=O)Cc1ccc2ccccc2c1)C(N)=O. The molecule has 0 aliphatic heterocycles. The first-order valence-corrected chi connectivity index (χ1v) is 7.27. The fourth-order valence-electron chi connectivity index (χ4n) is 2.35. The van der Waals surface area contributed by atoms with Crippen LogP contribution in [-0.4, -0.2) is 17.9 Å². The number of rotatable bonds is 7. The number of amides is 2. The molecule has 0 aliphatic carbocycles. The maximum Gasteiger partial charge on any atom is 0.240 e. The zero-order valence-corrected chi connectivity index (χ0v) is 12.4. The molecule has 0 spiro atoms. The van der Waals surface area contributed by atoms with Crippen LogP contribution in [0, 0.1) is 0 Å². The molecule has 0 heterocycles. The van der Waals surface area contributed by atoms with Gasteiger partial charge in [-0.3, -0.25) is 9.59 Å². The molecule has 2 amide bonds. The van der Waals surface area contributed by atoms with E-state index in [0.29, 0.717) is 12.8 Å². The molecule has 0 saturated heterocycles. The van der Waals surface area contributed by atoms with Gasteiger partial charge < -0.3 is 11.1 Å². The first-order valence-electron chi connectivity index (χ1n) is 7.27. The summed E-state index contributed by atoms with van der Waals surface area (Å²) >= 11 is 0. The van der Waals surface area contributed by atoms with E-state index < -0.39 is 11.9 Å². The van der Waals surface area contributed by atoms with Crippen LogP contribution in [0.2, 0.25) is 0 Å². The molecule has 0 aromatic heterocycles. The summed E-state index contributed by atoms with van der Waals surface area (Å²) in [7, 11) is 0. The number of hydrogen-bond donors (Lipinski definition) is 2. The number of primary amides is 1. The van der Waals surface area contributed by atoms with Crippen LogP contribution < -0.4 is 11.1 Å². The Morgan fingerprint density at radius 3 is 2.59 bits per heavy atom. The predicted molar refractivity (Wildman–Crippen MR) is 88.2 cm³/mol. The Morgan fingerprint density at radius 1 is 1.18 bits per heavy atom. The molecular formula is C18H20N2O2. The van der Waals surface area contributed by atoms with Crippen molar-refractivity contribution in [3.8, 4) is 0 Å². The second-order valence-corrected chi connectivity index (χ2v) is 5.25. The van der Waals surface area contributed by atoms with Crippen LogP contribution in [0.15, 0.2) is 55.1 Å². The van der Waals surface area contributed by atoms with Gasteiger partial charge in [0.05, 0.1) is 6.42 Å². The monoisotopic (exact) mass is 296 g/mol. The third-order valence-electron chi connectivity index (χ3n) is 3.52. The summed E-state index contributed by atoms with van der Waals surface area (Å²) in [4.78, 5) is 23.4. The first-order chi connectivity index (χ1) is 10.6. The van der Waals surface area contributed by atoms with Crippen molar-refractivity contribution in [2.45, 2.75) is 25.3 Å². The van der Waals surface area contributed by atoms with Gasteiger partial charge in [-0.1, -0.05) is 48.5 Å². The normalized spacial score (nSPS) is 11.8. The molecule has 0 aliphatic rings. The van der Waals surface area contributed by atoms with Crippen LogP contribution >= 0.6 is 0 Å². The van der Waals surface area contributed by atoms with Crippen molar-refractivity contribution in [1.29, 1.82) is 0 Å². The molecule has 2 rings (SSSR count). The number of nitrogens with two attached hydrogens (primary N) is 1. The zero-order valence-electron chi connectivity index (χ0n) is 12.4. The molecule has 0 radical (unpaired) electrons. The molecule has 4 nitrogen and oxygen atoms in total. The molecule has 0 fully saturated rings. The smallest absolute Gasteiger partial charge is 0.240 e. The molecule has 3 N–H and O–H groups in total. The molecule has 22 heavy (non-hydrogen) atoms. The van der Waals surface area contributed by atoms with Gasteiger partial charge in [0.1, 0.15) is 6.04 Å². The summed E-state index contributed by atoms with van der Waals surface area (Å²) in [5.74, 6) is -0.725. The highest BCUT2D eigenvalue weighted by molar-refractivity contribution is 5.88. The fourth-order valence-corrected chi connectivity index (χ4v) is 2.35. The molecule has 2 aromatic rings. The molecule has 0 saturated carbocycles. The standard InChI is InChI=1S/C18H20N2O2/c1-2-3-8-16(18(19)22)20-17(21)12-13-9-10-14-6-4-5-7-15(14)11-13/h2,4-7,9-11,16H,1,3,8,12H2,(H2,19,22)(H,20,21)/t16-/m1/s1. The predicted octanol–water partition coefficient (Wildman–Crippen LogP) is 2.32. The number of carbonyl (C=O) groups excluding carboxylic acids is 2. The minimum absolute atomic E-state index is 0.205. The van der Waals surface area contributed by atoms with Crippen molar-refractivity contribution < 1.29 is 9.59 Å². The summed E-state index contributed by atoms with van der Waals surface area (Å²) < 4.78 is 0. The molecule has 4 heteroatoms. The summed E-state index contributed by atoms with van der Waals surface area (Å²) in [6.45, 7) is 3.60. The third-order valence-corrected chi connectivity index (χ3v) is 3.52. The highest BCUT2D eigenvalue weighted by Gasteiger charge is 2.17. The Kier molecular flexibility index (Phi) is 5.31.